The molecule has 2 aromatic carbocycles. The van der Waals surface area contributed by atoms with Crippen molar-refractivity contribution in [2.45, 2.75) is 9.79 Å². The Balaban J connectivity index is 2.19. The van der Waals surface area contributed by atoms with Crippen molar-refractivity contribution in [2.24, 2.45) is 0 Å². The number of amides is 1. The van der Waals surface area contributed by atoms with Gasteiger partial charge in [0.2, 0.25) is 0 Å². The van der Waals surface area contributed by atoms with Crippen molar-refractivity contribution in [1.29, 1.82) is 0 Å². The van der Waals surface area contributed by atoms with E-state index in [1.807, 2.05) is 18.2 Å². The summed E-state index contributed by atoms with van der Waals surface area (Å²) in [4.78, 5) is 26.0. The second-order valence-corrected chi connectivity index (χ2v) is 5.46. The summed E-state index contributed by atoms with van der Waals surface area (Å²) in [5.41, 5.74) is 1.15. The lowest BCUT2D eigenvalue weighted by Gasteiger charge is -2.16. The van der Waals surface area contributed by atoms with E-state index in [1.165, 1.54) is 28.8 Å². The van der Waals surface area contributed by atoms with Gasteiger partial charge in [0.15, 0.2) is 0 Å². The number of nitrogens with zero attached hydrogens (tertiary/aromatic N) is 2. The number of nitro benzene ring substituents is 1. The van der Waals surface area contributed by atoms with E-state index in [9.17, 15) is 14.9 Å². The molecule has 100 valence electrons. The van der Waals surface area contributed by atoms with E-state index in [0.717, 1.165) is 9.79 Å². The van der Waals surface area contributed by atoms with Crippen LogP contribution in [0.4, 0.5) is 11.4 Å². The molecule has 1 aliphatic heterocycles. The second kappa shape index (κ2) is 4.64. The van der Waals surface area contributed by atoms with Gasteiger partial charge < -0.3 is 4.90 Å². The van der Waals surface area contributed by atoms with Crippen LogP contribution in [0.3, 0.4) is 0 Å². The topological polar surface area (TPSA) is 63.5 Å². The van der Waals surface area contributed by atoms with Gasteiger partial charge in [-0.25, -0.2) is 0 Å². The molecule has 1 heterocycles. The summed E-state index contributed by atoms with van der Waals surface area (Å²) < 4.78 is 0. The summed E-state index contributed by atoms with van der Waals surface area (Å²) >= 11 is 1.45. The number of hydrogen-bond donors (Lipinski definition) is 0. The lowest BCUT2D eigenvalue weighted by atomic mass is 10.2. The van der Waals surface area contributed by atoms with E-state index in [-0.39, 0.29) is 11.6 Å². The standard InChI is InChI=1S/C14H10N2O3S/c1-15-11-8-9(16(18)19)6-7-13(11)20-12-5-3-2-4-10(12)14(15)17/h2-8H,1H3. The number of benzene rings is 2. The van der Waals surface area contributed by atoms with Crippen molar-refractivity contribution < 1.29 is 9.72 Å². The van der Waals surface area contributed by atoms with Gasteiger partial charge in [-0.1, -0.05) is 23.9 Å². The highest BCUT2D eigenvalue weighted by Gasteiger charge is 2.25. The number of carbonyl (C=O) groups is 1. The van der Waals surface area contributed by atoms with Gasteiger partial charge in [-0.3, -0.25) is 14.9 Å². The molecule has 20 heavy (non-hydrogen) atoms. The SMILES string of the molecule is CN1C(=O)c2ccccc2Sc2ccc([N+](=O)[O-])cc21. The van der Waals surface area contributed by atoms with Crippen LogP contribution in [0.5, 0.6) is 0 Å². The predicted octanol–water partition coefficient (Wildman–Crippen LogP) is 3.34. The van der Waals surface area contributed by atoms with Gasteiger partial charge in [0.25, 0.3) is 11.6 Å². The maximum atomic E-state index is 12.4. The van der Waals surface area contributed by atoms with Gasteiger partial charge >= 0.3 is 0 Å². The van der Waals surface area contributed by atoms with Gasteiger partial charge in [-0.15, -0.1) is 0 Å². The first-order chi connectivity index (χ1) is 9.58. The van der Waals surface area contributed by atoms with E-state index in [4.69, 9.17) is 0 Å². The van der Waals surface area contributed by atoms with Gasteiger partial charge in [0, 0.05) is 29.0 Å². The fraction of sp³-hybridized carbons (Fsp3) is 0.0714. The highest BCUT2D eigenvalue weighted by molar-refractivity contribution is 7.99. The Hall–Kier alpha value is -2.34. The van der Waals surface area contributed by atoms with Crippen molar-refractivity contribution in [3.8, 4) is 0 Å². The molecular weight excluding hydrogens is 276 g/mol. The smallest absolute Gasteiger partial charge is 0.271 e. The number of fused-ring (bicyclic) bond motifs is 2. The number of nitro groups is 1. The van der Waals surface area contributed by atoms with E-state index >= 15 is 0 Å². The second-order valence-electron chi connectivity index (χ2n) is 4.37. The van der Waals surface area contributed by atoms with E-state index < -0.39 is 4.92 Å². The average molecular weight is 286 g/mol. The summed E-state index contributed by atoms with van der Waals surface area (Å²) in [6.45, 7) is 0. The van der Waals surface area contributed by atoms with E-state index in [1.54, 1.807) is 19.2 Å². The van der Waals surface area contributed by atoms with Crippen LogP contribution >= 0.6 is 11.8 Å². The molecule has 0 fully saturated rings. The number of carbonyl (C=O) groups excluding carboxylic acids is 1. The molecule has 0 spiro atoms. The zero-order valence-corrected chi connectivity index (χ0v) is 11.4. The van der Waals surface area contributed by atoms with Crippen LogP contribution in [-0.4, -0.2) is 17.9 Å². The molecule has 0 unspecified atom stereocenters. The summed E-state index contributed by atoms with van der Waals surface area (Å²) in [7, 11) is 1.63. The Kier molecular flexibility index (Phi) is 2.94. The predicted molar refractivity (Wildman–Crippen MR) is 76.4 cm³/mol. The Morgan fingerprint density at radius 1 is 1.15 bits per heavy atom. The molecule has 0 bridgehead atoms. The third kappa shape index (κ3) is 1.94. The minimum absolute atomic E-state index is 0.0186. The fourth-order valence-electron chi connectivity index (χ4n) is 2.11. The zero-order chi connectivity index (χ0) is 14.3. The minimum atomic E-state index is -0.457. The lowest BCUT2D eigenvalue weighted by Crippen LogP contribution is -2.26. The molecule has 1 amide bonds. The van der Waals surface area contributed by atoms with Gasteiger partial charge in [-0.2, -0.15) is 0 Å². The van der Waals surface area contributed by atoms with Crippen molar-refractivity contribution in [3.63, 3.8) is 0 Å². The molecule has 1 aliphatic rings. The van der Waals surface area contributed by atoms with Crippen LogP contribution in [0.1, 0.15) is 10.4 Å². The van der Waals surface area contributed by atoms with Crippen molar-refractivity contribution >= 4 is 29.0 Å². The molecule has 0 N–H and O–H groups in total. The normalized spacial score (nSPS) is 13.4. The number of hydrogen-bond acceptors (Lipinski definition) is 4. The first-order valence-corrected chi connectivity index (χ1v) is 6.73. The summed E-state index contributed by atoms with van der Waals surface area (Å²) in [6.07, 6.45) is 0. The summed E-state index contributed by atoms with van der Waals surface area (Å²) in [5.74, 6) is -0.160. The molecule has 0 aromatic heterocycles. The molecule has 6 heteroatoms. The average Bonchev–Trinajstić information content (AvgIpc) is 2.55. The van der Waals surface area contributed by atoms with Gasteiger partial charge in [0.1, 0.15) is 0 Å². The first kappa shape index (κ1) is 12.7. The molecule has 0 saturated carbocycles. The maximum Gasteiger partial charge on any atom is 0.271 e. The van der Waals surface area contributed by atoms with Crippen LogP contribution < -0.4 is 4.90 Å². The van der Waals surface area contributed by atoms with Crippen LogP contribution in [-0.2, 0) is 0 Å². The Bertz CT molecular complexity index is 730. The molecule has 5 nitrogen and oxygen atoms in total. The molecule has 0 atom stereocenters. The third-order valence-corrected chi connectivity index (χ3v) is 4.30. The van der Waals surface area contributed by atoms with Crippen molar-refractivity contribution in [1.82, 2.24) is 0 Å². The van der Waals surface area contributed by atoms with Crippen molar-refractivity contribution in [2.75, 3.05) is 11.9 Å². The number of anilines is 1. The fourth-order valence-corrected chi connectivity index (χ4v) is 3.19. The monoisotopic (exact) mass is 286 g/mol. The highest BCUT2D eigenvalue weighted by Crippen LogP contribution is 2.42. The lowest BCUT2D eigenvalue weighted by molar-refractivity contribution is -0.384. The van der Waals surface area contributed by atoms with Crippen LogP contribution in [0.25, 0.3) is 0 Å². The first-order valence-electron chi connectivity index (χ1n) is 5.91. The molecule has 0 radical (unpaired) electrons. The molecule has 0 saturated heterocycles. The third-order valence-electron chi connectivity index (χ3n) is 3.16. The Morgan fingerprint density at radius 3 is 2.65 bits per heavy atom. The molecule has 3 rings (SSSR count). The Morgan fingerprint density at radius 2 is 1.90 bits per heavy atom. The quantitative estimate of drug-likeness (QED) is 0.596. The number of non-ortho nitro benzene ring substituents is 1. The van der Waals surface area contributed by atoms with Gasteiger partial charge in [0.05, 0.1) is 16.2 Å². The summed E-state index contributed by atoms with van der Waals surface area (Å²) in [5, 5.41) is 10.9. The zero-order valence-electron chi connectivity index (χ0n) is 10.6. The highest BCUT2D eigenvalue weighted by atomic mass is 32.2. The molecule has 0 aliphatic carbocycles. The molecule has 2 aromatic rings. The van der Waals surface area contributed by atoms with E-state index in [0.29, 0.717) is 11.3 Å². The van der Waals surface area contributed by atoms with Crippen molar-refractivity contribution in [3.05, 3.63) is 58.1 Å². The van der Waals surface area contributed by atoms with Crippen LogP contribution in [0.15, 0.2) is 52.3 Å². The Labute approximate surface area is 119 Å². The number of rotatable bonds is 1. The van der Waals surface area contributed by atoms with E-state index in [2.05, 4.69) is 0 Å². The molecular formula is C14H10N2O3S. The van der Waals surface area contributed by atoms with Gasteiger partial charge in [-0.05, 0) is 18.2 Å². The van der Waals surface area contributed by atoms with Crippen LogP contribution in [0, 0.1) is 10.1 Å². The largest absolute Gasteiger partial charge is 0.310 e. The summed E-state index contributed by atoms with van der Waals surface area (Å²) in [6, 6.07) is 11.9. The maximum absolute atomic E-state index is 12.4. The van der Waals surface area contributed by atoms with Crippen LogP contribution in [0.2, 0.25) is 0 Å². The minimum Gasteiger partial charge on any atom is -0.310 e.